The van der Waals surface area contributed by atoms with Gasteiger partial charge in [-0.25, -0.2) is 0 Å². The van der Waals surface area contributed by atoms with Crippen molar-refractivity contribution in [1.82, 2.24) is 4.90 Å². The first-order valence-corrected chi connectivity index (χ1v) is 4.90. The smallest absolute Gasteiger partial charge is 0.00934 e. The molecule has 0 aromatic carbocycles. The van der Waals surface area contributed by atoms with Gasteiger partial charge in [-0.3, -0.25) is 0 Å². The molecule has 68 valence electrons. The van der Waals surface area contributed by atoms with E-state index in [9.17, 15) is 0 Å². The molecule has 1 rings (SSSR count). The second kappa shape index (κ2) is 5.59. The van der Waals surface area contributed by atoms with Crippen LogP contribution >= 0.6 is 0 Å². The quantitative estimate of drug-likeness (QED) is 0.609. The van der Waals surface area contributed by atoms with Crippen molar-refractivity contribution in [2.75, 3.05) is 13.6 Å². The molecule has 1 fully saturated rings. The Morgan fingerprint density at radius 2 is 1.73 bits per heavy atom. The normalized spacial score (nSPS) is 16.6. The van der Waals surface area contributed by atoms with Gasteiger partial charge in [0, 0.05) is 12.6 Å². The van der Waals surface area contributed by atoms with Gasteiger partial charge in [0.05, 0.1) is 0 Å². The maximum absolute atomic E-state index is 2.48. The summed E-state index contributed by atoms with van der Waals surface area (Å²) in [5.74, 6) is 0.829. The molecule has 1 aliphatic carbocycles. The molecule has 0 aliphatic heterocycles. The van der Waals surface area contributed by atoms with Crippen molar-refractivity contribution in [2.45, 2.75) is 46.6 Å². The van der Waals surface area contributed by atoms with Crippen LogP contribution in [0.1, 0.15) is 40.5 Å². The zero-order chi connectivity index (χ0) is 8.85. The van der Waals surface area contributed by atoms with E-state index >= 15 is 0 Å². The molecule has 0 atom stereocenters. The summed E-state index contributed by atoms with van der Waals surface area (Å²) in [6.45, 7) is 9.82. The molecule has 0 aromatic heterocycles. The molecular formula is C10H23N. The van der Waals surface area contributed by atoms with E-state index in [4.69, 9.17) is 0 Å². The van der Waals surface area contributed by atoms with E-state index < -0.39 is 0 Å². The SMILES string of the molecule is CC.CC(C)CN(C)C1CC1. The van der Waals surface area contributed by atoms with Crippen LogP contribution in [-0.2, 0) is 0 Å². The third-order valence-electron chi connectivity index (χ3n) is 1.82. The average molecular weight is 157 g/mol. The summed E-state index contributed by atoms with van der Waals surface area (Å²) >= 11 is 0. The highest BCUT2D eigenvalue weighted by Gasteiger charge is 2.25. The maximum atomic E-state index is 2.48. The first-order chi connectivity index (χ1) is 5.20. The molecule has 11 heavy (non-hydrogen) atoms. The zero-order valence-corrected chi connectivity index (χ0v) is 8.72. The van der Waals surface area contributed by atoms with Crippen molar-refractivity contribution in [3.05, 3.63) is 0 Å². The Morgan fingerprint density at radius 3 is 2.00 bits per heavy atom. The van der Waals surface area contributed by atoms with Crippen molar-refractivity contribution in [3.8, 4) is 0 Å². The first-order valence-electron chi connectivity index (χ1n) is 4.90. The Balaban J connectivity index is 0.000000461. The van der Waals surface area contributed by atoms with E-state index in [0.717, 1.165) is 12.0 Å². The van der Waals surface area contributed by atoms with Crippen molar-refractivity contribution in [2.24, 2.45) is 5.92 Å². The van der Waals surface area contributed by atoms with Gasteiger partial charge in [-0.2, -0.15) is 0 Å². The minimum absolute atomic E-state index is 0.829. The van der Waals surface area contributed by atoms with Crippen LogP contribution in [-0.4, -0.2) is 24.5 Å². The molecule has 0 amide bonds. The minimum atomic E-state index is 0.829. The summed E-state index contributed by atoms with van der Waals surface area (Å²) in [5.41, 5.74) is 0. The van der Waals surface area contributed by atoms with Crippen LogP contribution in [0.3, 0.4) is 0 Å². The van der Waals surface area contributed by atoms with Crippen molar-refractivity contribution < 1.29 is 0 Å². The lowest BCUT2D eigenvalue weighted by molar-refractivity contribution is 0.286. The second-order valence-corrected chi connectivity index (χ2v) is 3.56. The van der Waals surface area contributed by atoms with Crippen molar-refractivity contribution >= 4 is 0 Å². The summed E-state index contributed by atoms with van der Waals surface area (Å²) in [4.78, 5) is 2.48. The number of nitrogens with zero attached hydrogens (tertiary/aromatic N) is 1. The summed E-state index contributed by atoms with van der Waals surface area (Å²) in [6.07, 6.45) is 2.87. The van der Waals surface area contributed by atoms with Crippen LogP contribution in [0.5, 0.6) is 0 Å². The summed E-state index contributed by atoms with van der Waals surface area (Å²) < 4.78 is 0. The molecule has 0 radical (unpaired) electrons. The molecule has 1 nitrogen and oxygen atoms in total. The second-order valence-electron chi connectivity index (χ2n) is 3.56. The molecule has 0 aromatic rings. The standard InChI is InChI=1S/C8H17N.C2H6/c1-7(2)6-9(3)8-4-5-8;1-2/h7-8H,4-6H2,1-3H3;1-2H3. The first kappa shape index (κ1) is 11.0. The molecule has 0 unspecified atom stereocenters. The van der Waals surface area contributed by atoms with Gasteiger partial charge < -0.3 is 4.90 Å². The average Bonchev–Trinajstić information content (AvgIpc) is 2.71. The lowest BCUT2D eigenvalue weighted by atomic mass is 10.2. The maximum Gasteiger partial charge on any atom is 0.00934 e. The van der Waals surface area contributed by atoms with E-state index in [-0.39, 0.29) is 0 Å². The largest absolute Gasteiger partial charge is 0.303 e. The van der Waals surface area contributed by atoms with E-state index in [2.05, 4.69) is 25.8 Å². The van der Waals surface area contributed by atoms with Gasteiger partial charge in [0.2, 0.25) is 0 Å². The van der Waals surface area contributed by atoms with E-state index in [0.29, 0.717) is 0 Å². The summed E-state index contributed by atoms with van der Waals surface area (Å²) in [5, 5.41) is 0. The van der Waals surface area contributed by atoms with E-state index in [1.54, 1.807) is 0 Å². The number of hydrogen-bond donors (Lipinski definition) is 0. The third-order valence-corrected chi connectivity index (χ3v) is 1.82. The topological polar surface area (TPSA) is 3.24 Å². The zero-order valence-electron chi connectivity index (χ0n) is 8.72. The molecule has 0 N–H and O–H groups in total. The Hall–Kier alpha value is -0.0400. The lowest BCUT2D eigenvalue weighted by Crippen LogP contribution is -2.25. The van der Waals surface area contributed by atoms with Crippen LogP contribution in [0.2, 0.25) is 0 Å². The van der Waals surface area contributed by atoms with Crippen LogP contribution in [0.25, 0.3) is 0 Å². The Labute approximate surface area is 71.8 Å². The van der Waals surface area contributed by atoms with Gasteiger partial charge in [-0.15, -0.1) is 0 Å². The van der Waals surface area contributed by atoms with Gasteiger partial charge in [0.15, 0.2) is 0 Å². The molecule has 0 heterocycles. The van der Waals surface area contributed by atoms with Gasteiger partial charge in [-0.05, 0) is 25.8 Å². The minimum Gasteiger partial charge on any atom is -0.303 e. The molecule has 0 spiro atoms. The number of rotatable bonds is 3. The molecular weight excluding hydrogens is 134 g/mol. The lowest BCUT2D eigenvalue weighted by Gasteiger charge is -2.17. The highest BCUT2D eigenvalue weighted by atomic mass is 15.1. The molecule has 1 heteroatoms. The monoisotopic (exact) mass is 157 g/mol. The molecule has 0 saturated heterocycles. The van der Waals surface area contributed by atoms with Gasteiger partial charge in [0.1, 0.15) is 0 Å². The highest BCUT2D eigenvalue weighted by molar-refractivity contribution is 4.82. The molecule has 1 saturated carbocycles. The third kappa shape index (κ3) is 5.25. The van der Waals surface area contributed by atoms with Crippen LogP contribution in [0.15, 0.2) is 0 Å². The van der Waals surface area contributed by atoms with Gasteiger partial charge in [-0.1, -0.05) is 27.7 Å². The number of hydrogen-bond acceptors (Lipinski definition) is 1. The summed E-state index contributed by atoms with van der Waals surface area (Å²) in [6, 6.07) is 0.937. The van der Waals surface area contributed by atoms with Gasteiger partial charge >= 0.3 is 0 Å². The van der Waals surface area contributed by atoms with E-state index in [1.165, 1.54) is 19.4 Å². The van der Waals surface area contributed by atoms with Crippen LogP contribution < -0.4 is 0 Å². The van der Waals surface area contributed by atoms with E-state index in [1.807, 2.05) is 13.8 Å². The van der Waals surface area contributed by atoms with Crippen LogP contribution in [0.4, 0.5) is 0 Å². The van der Waals surface area contributed by atoms with Crippen molar-refractivity contribution in [3.63, 3.8) is 0 Å². The fourth-order valence-electron chi connectivity index (χ4n) is 1.24. The fraction of sp³-hybridized carbons (Fsp3) is 1.00. The Kier molecular flexibility index (Phi) is 5.57. The Bertz CT molecular complexity index is 84.9. The van der Waals surface area contributed by atoms with Crippen LogP contribution in [0, 0.1) is 5.92 Å². The molecule has 0 bridgehead atoms. The summed E-state index contributed by atoms with van der Waals surface area (Å²) in [7, 11) is 2.23. The van der Waals surface area contributed by atoms with Gasteiger partial charge in [0.25, 0.3) is 0 Å². The predicted molar refractivity (Wildman–Crippen MR) is 51.8 cm³/mol. The predicted octanol–water partition coefficient (Wildman–Crippen LogP) is 2.76. The Morgan fingerprint density at radius 1 is 1.27 bits per heavy atom. The fourth-order valence-corrected chi connectivity index (χ4v) is 1.24. The molecule has 1 aliphatic rings. The highest BCUT2D eigenvalue weighted by Crippen LogP contribution is 2.25. The van der Waals surface area contributed by atoms with Crippen molar-refractivity contribution in [1.29, 1.82) is 0 Å².